The highest BCUT2D eigenvalue weighted by Gasteiger charge is 2.03. The smallest absolute Gasteiger partial charge is 0.407 e. The van der Waals surface area contributed by atoms with Crippen LogP contribution in [0.4, 0.5) is 4.79 Å². The summed E-state index contributed by atoms with van der Waals surface area (Å²) in [5.74, 6) is -0.0123. The summed E-state index contributed by atoms with van der Waals surface area (Å²) in [7, 11) is 0. The second kappa shape index (κ2) is 10.7. The van der Waals surface area contributed by atoms with E-state index in [2.05, 4.69) is 10.6 Å². The van der Waals surface area contributed by atoms with Crippen molar-refractivity contribution in [3.05, 3.63) is 35.4 Å². The predicted octanol–water partition coefficient (Wildman–Crippen LogP) is 2.57. The summed E-state index contributed by atoms with van der Waals surface area (Å²) in [6, 6.07) is 8.16. The van der Waals surface area contributed by atoms with Gasteiger partial charge in [-0.3, -0.25) is 4.79 Å². The highest BCUT2D eigenvalue weighted by molar-refractivity contribution is 5.76. The lowest BCUT2D eigenvalue weighted by Crippen LogP contribution is -2.35. The van der Waals surface area contributed by atoms with Crippen molar-refractivity contribution in [3.8, 4) is 0 Å². The number of ether oxygens (including phenoxy) is 1. The van der Waals surface area contributed by atoms with Crippen LogP contribution in [-0.2, 0) is 16.0 Å². The molecule has 0 atom stereocenters. The number of carbonyl (C=O) groups excluding carboxylic acids is 2. The Morgan fingerprint density at radius 3 is 2.45 bits per heavy atom. The summed E-state index contributed by atoms with van der Waals surface area (Å²) in [4.78, 5) is 22.9. The number of alkyl carbamates (subject to hydrolysis) is 1. The van der Waals surface area contributed by atoms with Crippen LogP contribution in [0.25, 0.3) is 0 Å². The van der Waals surface area contributed by atoms with Crippen LogP contribution in [0.15, 0.2) is 24.3 Å². The molecule has 0 radical (unpaired) electrons. The van der Waals surface area contributed by atoms with E-state index in [9.17, 15) is 9.59 Å². The summed E-state index contributed by atoms with van der Waals surface area (Å²) >= 11 is 0. The van der Waals surface area contributed by atoms with E-state index in [0.29, 0.717) is 26.1 Å². The summed E-state index contributed by atoms with van der Waals surface area (Å²) < 4.78 is 4.94. The zero-order valence-corrected chi connectivity index (χ0v) is 13.5. The fraction of sp³-hybridized carbons (Fsp3) is 0.529. The lowest BCUT2D eigenvalue weighted by Gasteiger charge is -2.08. The number of nitrogens with one attached hydrogen (secondary N) is 2. The van der Waals surface area contributed by atoms with Crippen molar-refractivity contribution < 1.29 is 14.3 Å². The van der Waals surface area contributed by atoms with Gasteiger partial charge >= 0.3 is 6.09 Å². The first-order chi connectivity index (χ1) is 10.6. The largest absolute Gasteiger partial charge is 0.450 e. The lowest BCUT2D eigenvalue weighted by atomic mass is 10.1. The SMILES string of the molecule is CCCCOC(=O)NCCNC(=O)CCc1ccc(C)cc1. The van der Waals surface area contributed by atoms with Crippen LogP contribution in [0, 0.1) is 6.92 Å². The molecule has 5 nitrogen and oxygen atoms in total. The Hall–Kier alpha value is -2.04. The Kier molecular flexibility index (Phi) is 8.72. The molecule has 1 aromatic rings. The topological polar surface area (TPSA) is 67.4 Å². The van der Waals surface area contributed by atoms with Crippen LogP contribution in [-0.4, -0.2) is 31.7 Å². The fourth-order valence-corrected chi connectivity index (χ4v) is 1.83. The monoisotopic (exact) mass is 306 g/mol. The van der Waals surface area contributed by atoms with Gasteiger partial charge < -0.3 is 15.4 Å². The fourth-order valence-electron chi connectivity index (χ4n) is 1.83. The zero-order chi connectivity index (χ0) is 16.2. The van der Waals surface area contributed by atoms with Gasteiger partial charge in [-0.05, 0) is 25.3 Å². The predicted molar refractivity (Wildman–Crippen MR) is 86.8 cm³/mol. The van der Waals surface area contributed by atoms with Gasteiger partial charge in [0.2, 0.25) is 5.91 Å². The van der Waals surface area contributed by atoms with Crippen molar-refractivity contribution in [3.63, 3.8) is 0 Å². The van der Waals surface area contributed by atoms with Crippen molar-refractivity contribution in [2.24, 2.45) is 0 Å². The molecule has 2 N–H and O–H groups in total. The first-order valence-electron chi connectivity index (χ1n) is 7.84. The Morgan fingerprint density at radius 1 is 1.09 bits per heavy atom. The maximum atomic E-state index is 11.7. The van der Waals surface area contributed by atoms with Crippen LogP contribution in [0.5, 0.6) is 0 Å². The Morgan fingerprint density at radius 2 is 1.77 bits per heavy atom. The quantitative estimate of drug-likeness (QED) is 0.689. The Bertz CT molecular complexity index is 457. The first kappa shape index (κ1) is 18.0. The molecule has 0 aliphatic carbocycles. The average Bonchev–Trinajstić information content (AvgIpc) is 2.51. The average molecular weight is 306 g/mol. The third kappa shape index (κ3) is 8.29. The van der Waals surface area contributed by atoms with E-state index in [1.54, 1.807) is 0 Å². The van der Waals surface area contributed by atoms with Crippen LogP contribution in [0.3, 0.4) is 0 Å². The molecule has 0 spiro atoms. The standard InChI is InChI=1S/C17H26N2O3/c1-3-4-13-22-17(21)19-12-11-18-16(20)10-9-15-7-5-14(2)6-8-15/h5-8H,3-4,9-13H2,1-2H3,(H,18,20)(H,19,21). The lowest BCUT2D eigenvalue weighted by molar-refractivity contribution is -0.121. The molecule has 0 aliphatic heterocycles. The van der Waals surface area contributed by atoms with Crippen LogP contribution in [0.2, 0.25) is 0 Å². The van der Waals surface area contributed by atoms with E-state index < -0.39 is 6.09 Å². The van der Waals surface area contributed by atoms with Gasteiger partial charge in [0.05, 0.1) is 6.61 Å². The highest BCUT2D eigenvalue weighted by atomic mass is 16.5. The maximum Gasteiger partial charge on any atom is 0.407 e. The summed E-state index contributed by atoms with van der Waals surface area (Å²) in [6.07, 6.45) is 2.60. The third-order valence-corrected chi connectivity index (χ3v) is 3.21. The van der Waals surface area contributed by atoms with Crippen molar-refractivity contribution in [1.29, 1.82) is 0 Å². The number of hydrogen-bond acceptors (Lipinski definition) is 3. The molecule has 0 unspecified atom stereocenters. The molecular weight excluding hydrogens is 280 g/mol. The minimum absolute atomic E-state index is 0.0123. The molecule has 122 valence electrons. The maximum absolute atomic E-state index is 11.7. The molecule has 1 rings (SSSR count). The second-order valence-corrected chi connectivity index (χ2v) is 5.25. The molecule has 0 fully saturated rings. The molecule has 2 amide bonds. The summed E-state index contributed by atoms with van der Waals surface area (Å²) in [5, 5.41) is 5.38. The molecule has 0 aliphatic rings. The minimum atomic E-state index is -0.428. The molecule has 22 heavy (non-hydrogen) atoms. The molecular formula is C17H26N2O3. The Balaban J connectivity index is 2.06. The second-order valence-electron chi connectivity index (χ2n) is 5.25. The number of amides is 2. The zero-order valence-electron chi connectivity index (χ0n) is 13.5. The summed E-state index contributed by atoms with van der Waals surface area (Å²) in [5.41, 5.74) is 2.36. The van der Waals surface area contributed by atoms with Crippen molar-refractivity contribution in [2.75, 3.05) is 19.7 Å². The van der Waals surface area contributed by atoms with Gasteiger partial charge in [0.25, 0.3) is 0 Å². The molecule has 0 saturated heterocycles. The van der Waals surface area contributed by atoms with Gasteiger partial charge in [-0.1, -0.05) is 43.2 Å². The van der Waals surface area contributed by atoms with Gasteiger partial charge in [-0.2, -0.15) is 0 Å². The van der Waals surface area contributed by atoms with Crippen molar-refractivity contribution in [1.82, 2.24) is 10.6 Å². The molecule has 5 heteroatoms. The van der Waals surface area contributed by atoms with E-state index in [4.69, 9.17) is 4.74 Å². The van der Waals surface area contributed by atoms with Gasteiger partial charge in [0, 0.05) is 19.5 Å². The molecule has 0 bridgehead atoms. The number of aryl methyl sites for hydroxylation is 2. The molecule has 0 saturated carbocycles. The van der Waals surface area contributed by atoms with Crippen LogP contribution in [0.1, 0.15) is 37.3 Å². The first-order valence-corrected chi connectivity index (χ1v) is 7.84. The number of hydrogen-bond donors (Lipinski definition) is 2. The number of unbranched alkanes of at least 4 members (excludes halogenated alkanes) is 1. The van der Waals surface area contributed by atoms with E-state index in [0.717, 1.165) is 24.8 Å². The number of carbonyl (C=O) groups is 2. The number of rotatable bonds is 9. The van der Waals surface area contributed by atoms with Crippen molar-refractivity contribution >= 4 is 12.0 Å². The third-order valence-electron chi connectivity index (χ3n) is 3.21. The van der Waals surface area contributed by atoms with E-state index >= 15 is 0 Å². The normalized spacial score (nSPS) is 10.1. The number of benzene rings is 1. The molecule has 1 aromatic carbocycles. The van der Waals surface area contributed by atoms with Crippen LogP contribution < -0.4 is 10.6 Å². The highest BCUT2D eigenvalue weighted by Crippen LogP contribution is 2.05. The van der Waals surface area contributed by atoms with Gasteiger partial charge in [-0.15, -0.1) is 0 Å². The van der Waals surface area contributed by atoms with Crippen LogP contribution >= 0.6 is 0 Å². The van der Waals surface area contributed by atoms with Gasteiger partial charge in [-0.25, -0.2) is 4.79 Å². The van der Waals surface area contributed by atoms with Gasteiger partial charge in [0.1, 0.15) is 0 Å². The van der Waals surface area contributed by atoms with E-state index in [1.165, 1.54) is 5.56 Å². The Labute approximate surface area is 132 Å². The van der Waals surface area contributed by atoms with E-state index in [1.807, 2.05) is 38.1 Å². The van der Waals surface area contributed by atoms with Crippen molar-refractivity contribution in [2.45, 2.75) is 39.5 Å². The molecule has 0 aromatic heterocycles. The molecule has 0 heterocycles. The summed E-state index contributed by atoms with van der Waals surface area (Å²) in [6.45, 7) is 5.30. The van der Waals surface area contributed by atoms with Gasteiger partial charge in [0.15, 0.2) is 0 Å². The minimum Gasteiger partial charge on any atom is -0.450 e. The van der Waals surface area contributed by atoms with E-state index in [-0.39, 0.29) is 5.91 Å².